The van der Waals surface area contributed by atoms with Gasteiger partial charge in [0.1, 0.15) is 11.6 Å². The minimum absolute atomic E-state index is 0.178. The number of anilines is 2. The average Bonchev–Trinajstić information content (AvgIpc) is 2.87. The van der Waals surface area contributed by atoms with E-state index in [1.165, 1.54) is 5.56 Å². The van der Waals surface area contributed by atoms with E-state index in [9.17, 15) is 4.39 Å². The lowest BCUT2D eigenvalue weighted by Gasteiger charge is -2.23. The van der Waals surface area contributed by atoms with E-state index in [0.29, 0.717) is 19.6 Å². The van der Waals surface area contributed by atoms with E-state index in [1.807, 2.05) is 24.3 Å². The summed E-state index contributed by atoms with van der Waals surface area (Å²) in [5, 5.41) is 4.50. The van der Waals surface area contributed by atoms with Crippen molar-refractivity contribution in [2.45, 2.75) is 19.4 Å². The minimum Gasteiger partial charge on any atom is -0.383 e. The standard InChI is InChI=1S/C21H23FN4/c22-17-8-7-15-4-3-11-26(14-16(15)12-17)21-13-20(24-10-9-23)18-5-1-2-6-19(18)25-21/h1-2,5-8,12-13H,3-4,9-11,14,23H2,(H,24,25). The zero-order valence-electron chi connectivity index (χ0n) is 14.7. The number of nitrogens with zero attached hydrogens (tertiary/aromatic N) is 2. The Bertz CT molecular complexity index is 925. The highest BCUT2D eigenvalue weighted by atomic mass is 19.1. The molecule has 0 radical (unpaired) electrons. The summed E-state index contributed by atoms with van der Waals surface area (Å²) in [5.41, 5.74) is 9.94. The Morgan fingerprint density at radius 3 is 2.88 bits per heavy atom. The molecule has 3 aromatic rings. The van der Waals surface area contributed by atoms with E-state index >= 15 is 0 Å². The lowest BCUT2D eigenvalue weighted by Crippen LogP contribution is -2.24. The van der Waals surface area contributed by atoms with E-state index in [4.69, 9.17) is 10.7 Å². The van der Waals surface area contributed by atoms with Crippen molar-refractivity contribution in [3.63, 3.8) is 0 Å². The van der Waals surface area contributed by atoms with Crippen LogP contribution >= 0.6 is 0 Å². The largest absolute Gasteiger partial charge is 0.383 e. The Balaban J connectivity index is 1.73. The molecule has 0 saturated heterocycles. The summed E-state index contributed by atoms with van der Waals surface area (Å²) in [7, 11) is 0. The third-order valence-corrected chi connectivity index (χ3v) is 4.89. The summed E-state index contributed by atoms with van der Waals surface area (Å²) in [5.74, 6) is 0.739. The van der Waals surface area contributed by atoms with Gasteiger partial charge in [0.25, 0.3) is 0 Å². The molecule has 4 nitrogen and oxygen atoms in total. The smallest absolute Gasteiger partial charge is 0.131 e. The summed E-state index contributed by atoms with van der Waals surface area (Å²) >= 11 is 0. The van der Waals surface area contributed by atoms with Gasteiger partial charge < -0.3 is 16.0 Å². The van der Waals surface area contributed by atoms with Crippen LogP contribution in [0.2, 0.25) is 0 Å². The fourth-order valence-electron chi connectivity index (χ4n) is 3.60. The molecule has 0 unspecified atom stereocenters. The average molecular weight is 350 g/mol. The lowest BCUT2D eigenvalue weighted by molar-refractivity contribution is 0.624. The van der Waals surface area contributed by atoms with Gasteiger partial charge in [-0.2, -0.15) is 0 Å². The van der Waals surface area contributed by atoms with Crippen LogP contribution in [0.1, 0.15) is 17.5 Å². The maximum atomic E-state index is 13.7. The molecule has 0 atom stereocenters. The highest BCUT2D eigenvalue weighted by molar-refractivity contribution is 5.93. The van der Waals surface area contributed by atoms with Gasteiger partial charge in [0.05, 0.1) is 5.52 Å². The van der Waals surface area contributed by atoms with Crippen LogP contribution < -0.4 is 16.0 Å². The number of hydrogen-bond donors (Lipinski definition) is 2. The molecular formula is C21H23FN4. The van der Waals surface area contributed by atoms with Gasteiger partial charge in [-0.1, -0.05) is 24.3 Å². The molecule has 5 heteroatoms. The number of halogens is 1. The molecule has 0 bridgehead atoms. The number of nitrogens with one attached hydrogen (secondary N) is 1. The van der Waals surface area contributed by atoms with Crippen LogP contribution in [0.3, 0.4) is 0 Å². The van der Waals surface area contributed by atoms with Crippen LogP contribution in [0, 0.1) is 5.82 Å². The molecule has 3 N–H and O–H groups in total. The van der Waals surface area contributed by atoms with Crippen molar-refractivity contribution >= 4 is 22.4 Å². The molecule has 1 aromatic heterocycles. The molecule has 26 heavy (non-hydrogen) atoms. The first-order valence-corrected chi connectivity index (χ1v) is 9.10. The van der Waals surface area contributed by atoms with Crippen molar-refractivity contribution in [1.29, 1.82) is 0 Å². The third kappa shape index (κ3) is 3.35. The molecule has 0 aliphatic carbocycles. The minimum atomic E-state index is -0.178. The second kappa shape index (κ2) is 7.30. The summed E-state index contributed by atoms with van der Waals surface area (Å²) in [6.45, 7) is 2.86. The molecule has 134 valence electrons. The summed E-state index contributed by atoms with van der Waals surface area (Å²) in [6.07, 6.45) is 2.00. The Labute approximate surface area is 152 Å². The maximum Gasteiger partial charge on any atom is 0.131 e. The van der Waals surface area contributed by atoms with E-state index in [2.05, 4.69) is 22.3 Å². The first-order valence-electron chi connectivity index (χ1n) is 9.10. The topological polar surface area (TPSA) is 54.2 Å². The third-order valence-electron chi connectivity index (χ3n) is 4.89. The van der Waals surface area contributed by atoms with Crippen LogP contribution in [-0.4, -0.2) is 24.6 Å². The van der Waals surface area contributed by atoms with Gasteiger partial charge in [0, 0.05) is 43.3 Å². The number of pyridine rings is 1. The number of nitrogens with two attached hydrogens (primary N) is 1. The van der Waals surface area contributed by atoms with E-state index in [-0.39, 0.29) is 5.82 Å². The molecule has 0 fully saturated rings. The van der Waals surface area contributed by atoms with Crippen LogP contribution in [0.25, 0.3) is 10.9 Å². The first-order chi connectivity index (χ1) is 12.7. The zero-order chi connectivity index (χ0) is 17.9. The van der Waals surface area contributed by atoms with Crippen molar-refractivity contribution in [1.82, 2.24) is 4.98 Å². The quantitative estimate of drug-likeness (QED) is 0.753. The van der Waals surface area contributed by atoms with Gasteiger partial charge in [0.2, 0.25) is 0 Å². The molecule has 2 aromatic carbocycles. The number of rotatable bonds is 4. The molecule has 0 spiro atoms. The lowest BCUT2D eigenvalue weighted by atomic mass is 10.0. The number of aromatic nitrogens is 1. The van der Waals surface area contributed by atoms with Gasteiger partial charge in [-0.15, -0.1) is 0 Å². The van der Waals surface area contributed by atoms with Crippen LogP contribution in [0.5, 0.6) is 0 Å². The fraction of sp³-hybridized carbons (Fsp3) is 0.286. The van der Waals surface area contributed by atoms with Crippen molar-refractivity contribution in [3.05, 3.63) is 65.5 Å². The van der Waals surface area contributed by atoms with Gasteiger partial charge in [-0.3, -0.25) is 0 Å². The number of fused-ring (bicyclic) bond motifs is 2. The Morgan fingerprint density at radius 2 is 2.00 bits per heavy atom. The molecule has 4 rings (SSSR count). The Hall–Kier alpha value is -2.66. The van der Waals surface area contributed by atoms with E-state index in [0.717, 1.165) is 47.4 Å². The van der Waals surface area contributed by atoms with E-state index in [1.54, 1.807) is 12.1 Å². The second-order valence-electron chi connectivity index (χ2n) is 6.70. The normalized spacial score (nSPS) is 14.2. The SMILES string of the molecule is NCCNc1cc(N2CCCc3ccc(F)cc3C2)nc2ccccc12. The first kappa shape index (κ1) is 16.8. The summed E-state index contributed by atoms with van der Waals surface area (Å²) < 4.78 is 13.7. The number of para-hydroxylation sites is 1. The molecule has 1 aliphatic heterocycles. The molecule has 2 heterocycles. The molecule has 0 saturated carbocycles. The number of hydrogen-bond acceptors (Lipinski definition) is 4. The van der Waals surface area contributed by atoms with Gasteiger partial charge in [-0.05, 0) is 42.2 Å². The van der Waals surface area contributed by atoms with Crippen molar-refractivity contribution in [2.24, 2.45) is 5.73 Å². The van der Waals surface area contributed by atoms with Gasteiger partial charge in [-0.25, -0.2) is 9.37 Å². The Kier molecular flexibility index (Phi) is 4.71. The van der Waals surface area contributed by atoms with Crippen LogP contribution in [0.4, 0.5) is 15.9 Å². The highest BCUT2D eigenvalue weighted by Crippen LogP contribution is 2.30. The van der Waals surface area contributed by atoms with Crippen molar-refractivity contribution in [3.8, 4) is 0 Å². The highest BCUT2D eigenvalue weighted by Gasteiger charge is 2.18. The fourth-order valence-corrected chi connectivity index (χ4v) is 3.60. The predicted molar refractivity (Wildman–Crippen MR) is 105 cm³/mol. The predicted octanol–water partition coefficient (Wildman–Crippen LogP) is 3.70. The molecule has 0 amide bonds. The van der Waals surface area contributed by atoms with Gasteiger partial charge >= 0.3 is 0 Å². The van der Waals surface area contributed by atoms with Crippen LogP contribution in [-0.2, 0) is 13.0 Å². The zero-order valence-corrected chi connectivity index (χ0v) is 14.7. The number of aryl methyl sites for hydroxylation is 1. The molecular weight excluding hydrogens is 327 g/mol. The Morgan fingerprint density at radius 1 is 1.12 bits per heavy atom. The van der Waals surface area contributed by atoms with Gasteiger partial charge in [0.15, 0.2) is 0 Å². The second-order valence-corrected chi connectivity index (χ2v) is 6.70. The number of benzene rings is 2. The van der Waals surface area contributed by atoms with Crippen molar-refractivity contribution in [2.75, 3.05) is 29.9 Å². The monoisotopic (exact) mass is 350 g/mol. The summed E-state index contributed by atoms with van der Waals surface area (Å²) in [6, 6.07) is 15.3. The van der Waals surface area contributed by atoms with Crippen molar-refractivity contribution < 1.29 is 4.39 Å². The molecule has 1 aliphatic rings. The maximum absolute atomic E-state index is 13.7. The van der Waals surface area contributed by atoms with Crippen LogP contribution in [0.15, 0.2) is 48.5 Å². The summed E-state index contributed by atoms with van der Waals surface area (Å²) in [4.78, 5) is 7.11. The van der Waals surface area contributed by atoms with E-state index < -0.39 is 0 Å².